The summed E-state index contributed by atoms with van der Waals surface area (Å²) >= 11 is 0. The quantitative estimate of drug-likeness (QED) is 0.0409. The summed E-state index contributed by atoms with van der Waals surface area (Å²) in [7, 11) is 0. The Hall–Kier alpha value is -1.89. The molecule has 0 spiro atoms. The van der Waals surface area contributed by atoms with Gasteiger partial charge in [-0.25, -0.2) is 14.4 Å². The van der Waals surface area contributed by atoms with E-state index in [9.17, 15) is 29.7 Å². The van der Waals surface area contributed by atoms with Gasteiger partial charge in [0.1, 0.15) is 0 Å². The average molecular weight is 611 g/mol. The Morgan fingerprint density at radius 3 is 1.07 bits per heavy atom. The van der Waals surface area contributed by atoms with Crippen LogP contribution >= 0.6 is 0 Å². The van der Waals surface area contributed by atoms with Crippen molar-refractivity contribution < 1.29 is 34.2 Å². The van der Waals surface area contributed by atoms with E-state index in [-0.39, 0.29) is 30.3 Å². The van der Waals surface area contributed by atoms with Crippen LogP contribution < -0.4 is 0 Å². The van der Waals surface area contributed by atoms with E-state index < -0.39 is 36.0 Å². The fraction of sp³-hybridized carbons (Fsp3) is 0.861. The van der Waals surface area contributed by atoms with E-state index in [0.717, 1.165) is 25.7 Å². The molecule has 0 bridgehead atoms. The minimum Gasteiger partial charge on any atom is -0.477 e. The largest absolute Gasteiger partial charge is 0.477 e. The van der Waals surface area contributed by atoms with Gasteiger partial charge < -0.3 is 15.3 Å². The smallest absolute Gasteiger partial charge is 0.362 e. The highest BCUT2D eigenvalue weighted by molar-refractivity contribution is 5.78. The minimum atomic E-state index is -1.08. The summed E-state index contributed by atoms with van der Waals surface area (Å²) in [5.74, 6) is -3.24. The van der Waals surface area contributed by atoms with Crippen molar-refractivity contribution in [3.05, 3.63) is 12.2 Å². The van der Waals surface area contributed by atoms with E-state index in [4.69, 9.17) is 0 Å². The van der Waals surface area contributed by atoms with Crippen LogP contribution in [0.2, 0.25) is 0 Å². The molecule has 0 saturated carbocycles. The van der Waals surface area contributed by atoms with Crippen LogP contribution in [-0.4, -0.2) is 62.4 Å². The molecule has 0 heterocycles. The lowest BCUT2D eigenvalue weighted by molar-refractivity contribution is -0.973. The number of unbranched alkanes of at least 4 members (excludes halogenated alkanes) is 15. The fourth-order valence-electron chi connectivity index (χ4n) is 6.88. The topological polar surface area (TPSA) is 112 Å². The molecule has 0 aromatic heterocycles. The van der Waals surface area contributed by atoms with Gasteiger partial charge in [0.25, 0.3) is 0 Å². The third-order valence-electron chi connectivity index (χ3n) is 9.10. The molecule has 0 aromatic rings. The molecule has 3 unspecified atom stereocenters. The van der Waals surface area contributed by atoms with Crippen molar-refractivity contribution in [3.63, 3.8) is 0 Å². The molecule has 0 radical (unpaired) electrons. The normalized spacial score (nSPS) is 15.3. The molecule has 0 aliphatic heterocycles. The van der Waals surface area contributed by atoms with E-state index in [0.29, 0.717) is 25.7 Å². The Morgan fingerprint density at radius 1 is 0.488 bits per heavy atom. The van der Waals surface area contributed by atoms with Crippen LogP contribution in [0.1, 0.15) is 175 Å². The molecular formula is C36H68NO6+. The summed E-state index contributed by atoms with van der Waals surface area (Å²) in [6.45, 7) is 8.10. The van der Waals surface area contributed by atoms with Crippen molar-refractivity contribution in [2.24, 2.45) is 0 Å². The van der Waals surface area contributed by atoms with Crippen LogP contribution in [0, 0.1) is 0 Å². The first-order valence-corrected chi connectivity index (χ1v) is 17.9. The summed E-state index contributed by atoms with van der Waals surface area (Å²) in [6.07, 6.45) is 27.5. The van der Waals surface area contributed by atoms with Gasteiger partial charge in [0, 0.05) is 19.3 Å². The highest BCUT2D eigenvalue weighted by Gasteiger charge is 2.56. The zero-order valence-corrected chi connectivity index (χ0v) is 28.4. The summed E-state index contributed by atoms with van der Waals surface area (Å²) < 4.78 is -0.369. The van der Waals surface area contributed by atoms with Gasteiger partial charge in [-0.3, -0.25) is 4.48 Å². The van der Waals surface area contributed by atoms with Crippen molar-refractivity contribution in [2.45, 2.75) is 193 Å². The molecule has 0 aliphatic rings. The molecule has 0 rings (SSSR count). The molecule has 0 fully saturated rings. The zero-order chi connectivity index (χ0) is 32.3. The lowest BCUT2D eigenvalue weighted by Crippen LogP contribution is -2.72. The van der Waals surface area contributed by atoms with Crippen LogP contribution in [0.3, 0.4) is 0 Å². The van der Waals surface area contributed by atoms with Gasteiger partial charge in [0.2, 0.25) is 0 Å². The molecule has 0 amide bonds. The number of rotatable bonds is 31. The second kappa shape index (κ2) is 26.5. The van der Waals surface area contributed by atoms with Gasteiger partial charge in [0.15, 0.2) is 18.1 Å². The third kappa shape index (κ3) is 16.7. The summed E-state index contributed by atoms with van der Waals surface area (Å²) in [5.41, 5.74) is 0. The summed E-state index contributed by atoms with van der Waals surface area (Å²) in [5, 5.41) is 30.9. The van der Waals surface area contributed by atoms with Gasteiger partial charge in [-0.05, 0) is 51.4 Å². The Kier molecular flexibility index (Phi) is 25.3. The van der Waals surface area contributed by atoms with E-state index in [1.54, 1.807) is 0 Å². The average Bonchev–Trinajstić information content (AvgIpc) is 2.97. The second-order valence-electron chi connectivity index (χ2n) is 12.6. The maximum absolute atomic E-state index is 12.6. The number of hydrogen-bond acceptors (Lipinski definition) is 3. The highest BCUT2D eigenvalue weighted by atomic mass is 16.4. The van der Waals surface area contributed by atoms with Gasteiger partial charge >= 0.3 is 17.9 Å². The standard InChI is InChI=1S/C36H67NO6/c1-5-9-10-11-12-13-14-15-16-17-18-19-20-21-22-23-24-25-26-30-37(31(27-6-2)34(38)39,32(28-7-3)35(40)41)33(29-8-4)36(42)43/h9-10,31-33H,5-8,11-30H2,1-4H3,(H2-,38,39,40,41,42,43)/p+1/b10-9+. The minimum absolute atomic E-state index is 0.271. The van der Waals surface area contributed by atoms with Crippen LogP contribution in [0.25, 0.3) is 0 Å². The Balaban J connectivity index is 4.78. The predicted octanol–water partition coefficient (Wildman–Crippen LogP) is 9.77. The molecule has 0 aliphatic carbocycles. The zero-order valence-electron chi connectivity index (χ0n) is 28.4. The molecule has 0 aromatic carbocycles. The van der Waals surface area contributed by atoms with Gasteiger partial charge in [-0.2, -0.15) is 0 Å². The first-order valence-electron chi connectivity index (χ1n) is 17.9. The van der Waals surface area contributed by atoms with Crippen molar-refractivity contribution >= 4 is 17.9 Å². The molecule has 3 atom stereocenters. The third-order valence-corrected chi connectivity index (χ3v) is 9.10. The van der Waals surface area contributed by atoms with Gasteiger partial charge in [-0.15, -0.1) is 0 Å². The maximum Gasteiger partial charge on any atom is 0.362 e. The van der Waals surface area contributed by atoms with Crippen LogP contribution in [0.4, 0.5) is 0 Å². The maximum atomic E-state index is 12.6. The summed E-state index contributed by atoms with van der Waals surface area (Å²) in [6, 6.07) is -3.13. The first kappa shape index (κ1) is 41.1. The molecule has 0 saturated heterocycles. The molecule has 7 heteroatoms. The monoisotopic (exact) mass is 611 g/mol. The fourth-order valence-corrected chi connectivity index (χ4v) is 6.88. The molecule has 3 N–H and O–H groups in total. The van der Waals surface area contributed by atoms with Crippen molar-refractivity contribution in [2.75, 3.05) is 6.54 Å². The number of carboxylic acid groups (broad SMARTS) is 3. The number of aliphatic carboxylic acids is 3. The predicted molar refractivity (Wildman–Crippen MR) is 177 cm³/mol. The van der Waals surface area contributed by atoms with Crippen LogP contribution in [-0.2, 0) is 14.4 Å². The number of allylic oxidation sites excluding steroid dienone is 2. The Morgan fingerprint density at radius 2 is 0.791 bits per heavy atom. The van der Waals surface area contributed by atoms with Crippen LogP contribution in [0.15, 0.2) is 12.2 Å². The second-order valence-corrected chi connectivity index (χ2v) is 12.6. The van der Waals surface area contributed by atoms with Crippen molar-refractivity contribution in [3.8, 4) is 0 Å². The molecular weight excluding hydrogens is 542 g/mol. The number of nitrogens with zero attached hydrogens (tertiary/aromatic N) is 1. The SMILES string of the molecule is CC/C=C/CCCCCCCCCCCCCCCCC[N+](C(CCC)C(=O)O)(C(CCC)C(=O)O)C(CCC)C(=O)O. The molecule has 7 nitrogen and oxygen atoms in total. The number of carboxylic acids is 3. The molecule has 252 valence electrons. The highest BCUT2D eigenvalue weighted by Crippen LogP contribution is 2.34. The number of hydrogen-bond donors (Lipinski definition) is 3. The van der Waals surface area contributed by atoms with Gasteiger partial charge in [0.05, 0.1) is 6.54 Å². The first-order chi connectivity index (χ1) is 20.7. The lowest BCUT2D eigenvalue weighted by atomic mass is 9.91. The van der Waals surface area contributed by atoms with E-state index in [1.807, 2.05) is 20.8 Å². The van der Waals surface area contributed by atoms with E-state index in [1.165, 1.54) is 77.0 Å². The van der Waals surface area contributed by atoms with Crippen LogP contribution in [0.5, 0.6) is 0 Å². The number of quaternary nitrogens is 1. The Labute approximate surface area is 264 Å². The van der Waals surface area contributed by atoms with Crippen molar-refractivity contribution in [1.82, 2.24) is 0 Å². The Bertz CT molecular complexity index is 692. The van der Waals surface area contributed by atoms with E-state index in [2.05, 4.69) is 19.1 Å². The molecule has 43 heavy (non-hydrogen) atoms. The summed E-state index contributed by atoms with van der Waals surface area (Å²) in [4.78, 5) is 37.8. The lowest BCUT2D eigenvalue weighted by Gasteiger charge is -2.50. The van der Waals surface area contributed by atoms with Crippen molar-refractivity contribution in [1.29, 1.82) is 0 Å². The van der Waals surface area contributed by atoms with Gasteiger partial charge in [-0.1, -0.05) is 117 Å². The van der Waals surface area contributed by atoms with E-state index >= 15 is 0 Å². The number of carbonyl (C=O) groups is 3.